The molecule has 4 aromatic rings. The molecular weight excluding hydrogens is 472 g/mol. The Balaban J connectivity index is 1.30. The van der Waals surface area contributed by atoms with Crippen LogP contribution in [0.5, 0.6) is 5.75 Å². The molecule has 10 heteroatoms. The van der Waals surface area contributed by atoms with E-state index >= 15 is 0 Å². The predicted octanol–water partition coefficient (Wildman–Crippen LogP) is 4.36. The first kappa shape index (κ1) is 24.5. The number of rotatable bonds is 7. The normalized spacial score (nSPS) is 14.1. The predicted molar refractivity (Wildman–Crippen MR) is 140 cm³/mol. The van der Waals surface area contributed by atoms with Crippen LogP contribution >= 0.6 is 0 Å². The molecule has 0 saturated carbocycles. The van der Waals surface area contributed by atoms with E-state index in [2.05, 4.69) is 20.2 Å². The minimum atomic E-state index is -0.627. The number of hydroxylamine groups is 1. The van der Waals surface area contributed by atoms with Gasteiger partial charge in [-0.2, -0.15) is 0 Å². The Bertz CT molecular complexity index is 1410. The summed E-state index contributed by atoms with van der Waals surface area (Å²) in [6.07, 6.45) is 4.80. The maximum Gasteiger partial charge on any atom is 0.277 e. The van der Waals surface area contributed by atoms with Crippen molar-refractivity contribution in [2.75, 3.05) is 37.0 Å². The molecule has 1 saturated heterocycles. The van der Waals surface area contributed by atoms with Gasteiger partial charge < -0.3 is 19.4 Å². The fourth-order valence-corrected chi connectivity index (χ4v) is 4.68. The molecule has 0 radical (unpaired) electrons. The molecule has 37 heavy (non-hydrogen) atoms. The number of fused-ring (bicyclic) bond motifs is 1. The van der Waals surface area contributed by atoms with Crippen LogP contribution in [0.1, 0.15) is 34.5 Å². The molecule has 3 N–H and O–H groups in total. The van der Waals surface area contributed by atoms with Crippen LogP contribution in [0.3, 0.4) is 0 Å². The molecule has 1 fully saturated rings. The van der Waals surface area contributed by atoms with Gasteiger partial charge in [-0.15, -0.1) is 0 Å². The zero-order valence-corrected chi connectivity index (χ0v) is 21.1. The zero-order valence-electron chi connectivity index (χ0n) is 21.1. The fourth-order valence-electron chi connectivity index (χ4n) is 4.68. The highest BCUT2D eigenvalue weighted by atomic mass is 16.5. The van der Waals surface area contributed by atoms with Gasteiger partial charge in [-0.1, -0.05) is 0 Å². The fraction of sp³-hybridized carbons (Fsp3) is 0.333. The number of methoxy groups -OCH3 is 1. The molecule has 0 bridgehead atoms. The summed E-state index contributed by atoms with van der Waals surface area (Å²) in [6, 6.07) is 10.0. The molecule has 5 rings (SSSR count). The van der Waals surface area contributed by atoms with Crippen molar-refractivity contribution in [3.8, 4) is 17.2 Å². The molecule has 3 aromatic heterocycles. The first-order chi connectivity index (χ1) is 17.9. The number of furan rings is 1. The Hall–Kier alpha value is -4.18. The number of benzene rings is 1. The standard InChI is InChI=1S/C27H30N6O4/c1-16-10-22-20(11-25(16)36-3)21(12-23(31-22)24-5-4-17(2)37-24)28-13-18-6-8-33(9-7-18)27-29-14-19(15-30-27)26(34)32-35/h4-5,10-12,14-15,18,35H,6-9,13H2,1-3H3,(H,28,31)(H,32,34). The SMILES string of the molecule is COc1cc2c(NCC3CCN(c4ncc(C(=O)NO)cn4)CC3)cc(-c3ccc(C)o3)nc2cc1C. The van der Waals surface area contributed by atoms with Gasteiger partial charge in [0.05, 0.1) is 18.2 Å². The summed E-state index contributed by atoms with van der Waals surface area (Å²) in [6.45, 7) is 6.40. The number of carbonyl (C=O) groups is 1. The van der Waals surface area contributed by atoms with Crippen molar-refractivity contribution in [2.45, 2.75) is 26.7 Å². The van der Waals surface area contributed by atoms with E-state index in [1.165, 1.54) is 12.4 Å². The molecule has 4 heterocycles. The summed E-state index contributed by atoms with van der Waals surface area (Å²) >= 11 is 0. The summed E-state index contributed by atoms with van der Waals surface area (Å²) in [5, 5.41) is 13.4. The average molecular weight is 503 g/mol. The molecule has 0 aliphatic carbocycles. The lowest BCUT2D eigenvalue weighted by molar-refractivity contribution is 0.0705. The first-order valence-corrected chi connectivity index (χ1v) is 12.3. The third-order valence-corrected chi connectivity index (χ3v) is 6.80. The van der Waals surface area contributed by atoms with E-state index in [-0.39, 0.29) is 5.56 Å². The van der Waals surface area contributed by atoms with Crippen molar-refractivity contribution in [1.82, 2.24) is 20.4 Å². The summed E-state index contributed by atoms with van der Waals surface area (Å²) in [7, 11) is 1.68. The molecule has 0 unspecified atom stereocenters. The monoisotopic (exact) mass is 502 g/mol. The molecule has 1 aliphatic heterocycles. The van der Waals surface area contributed by atoms with Crippen LogP contribution < -0.4 is 20.4 Å². The van der Waals surface area contributed by atoms with Crippen molar-refractivity contribution < 1.29 is 19.2 Å². The number of hydrogen-bond donors (Lipinski definition) is 3. The van der Waals surface area contributed by atoms with Gasteiger partial charge in [-0.3, -0.25) is 10.0 Å². The third kappa shape index (κ3) is 5.19. The lowest BCUT2D eigenvalue weighted by atomic mass is 9.96. The molecule has 0 spiro atoms. The molecule has 0 atom stereocenters. The number of anilines is 2. The largest absolute Gasteiger partial charge is 0.496 e. The second-order valence-electron chi connectivity index (χ2n) is 9.33. The summed E-state index contributed by atoms with van der Waals surface area (Å²) in [5.74, 6) is 2.85. The van der Waals surface area contributed by atoms with E-state index in [4.69, 9.17) is 19.3 Å². The van der Waals surface area contributed by atoms with Gasteiger partial charge in [0.15, 0.2) is 5.76 Å². The van der Waals surface area contributed by atoms with Crippen molar-refractivity contribution >= 4 is 28.4 Å². The van der Waals surface area contributed by atoms with Gasteiger partial charge in [0.1, 0.15) is 17.2 Å². The van der Waals surface area contributed by atoms with Crippen molar-refractivity contribution in [2.24, 2.45) is 5.92 Å². The minimum absolute atomic E-state index is 0.214. The van der Waals surface area contributed by atoms with Crippen LogP contribution in [-0.4, -0.2) is 52.8 Å². The average Bonchev–Trinajstić information content (AvgIpc) is 3.37. The molecule has 192 valence electrons. The van der Waals surface area contributed by atoms with Gasteiger partial charge >= 0.3 is 0 Å². The lowest BCUT2D eigenvalue weighted by Crippen LogP contribution is -2.37. The third-order valence-electron chi connectivity index (χ3n) is 6.80. The highest BCUT2D eigenvalue weighted by Crippen LogP contribution is 2.34. The number of amides is 1. The Morgan fingerprint density at radius 3 is 2.57 bits per heavy atom. The second-order valence-corrected chi connectivity index (χ2v) is 9.33. The maximum atomic E-state index is 11.5. The number of nitrogens with zero attached hydrogens (tertiary/aromatic N) is 4. The first-order valence-electron chi connectivity index (χ1n) is 12.3. The Labute approximate surface area is 214 Å². The van der Waals surface area contributed by atoms with E-state index in [1.807, 2.05) is 44.2 Å². The van der Waals surface area contributed by atoms with Crippen LogP contribution in [0, 0.1) is 19.8 Å². The Morgan fingerprint density at radius 2 is 1.92 bits per heavy atom. The van der Waals surface area contributed by atoms with Crippen LogP contribution in [0.4, 0.5) is 11.6 Å². The highest BCUT2D eigenvalue weighted by Gasteiger charge is 2.22. The van der Waals surface area contributed by atoms with Crippen molar-refractivity contribution in [1.29, 1.82) is 0 Å². The van der Waals surface area contributed by atoms with Gasteiger partial charge in [-0.25, -0.2) is 20.4 Å². The van der Waals surface area contributed by atoms with Crippen LogP contribution in [0.25, 0.3) is 22.4 Å². The van der Waals surface area contributed by atoms with Crippen molar-refractivity contribution in [3.05, 3.63) is 59.6 Å². The number of piperidine rings is 1. The number of ether oxygens (including phenoxy) is 1. The van der Waals surface area contributed by atoms with Crippen molar-refractivity contribution in [3.63, 3.8) is 0 Å². The highest BCUT2D eigenvalue weighted by molar-refractivity contribution is 5.95. The zero-order chi connectivity index (χ0) is 25.9. The van der Waals surface area contributed by atoms with Gasteiger partial charge in [-0.05, 0) is 68.5 Å². The van der Waals surface area contributed by atoms with E-state index < -0.39 is 5.91 Å². The quantitative estimate of drug-likeness (QED) is 0.250. The van der Waals surface area contributed by atoms with Gasteiger partial charge in [0.2, 0.25) is 5.95 Å². The smallest absolute Gasteiger partial charge is 0.277 e. The summed E-state index contributed by atoms with van der Waals surface area (Å²) in [5.41, 5.74) is 5.51. The molecular formula is C27H30N6O4. The summed E-state index contributed by atoms with van der Waals surface area (Å²) in [4.78, 5) is 27.0. The number of pyridine rings is 1. The molecule has 1 aliphatic rings. The van der Waals surface area contributed by atoms with E-state index in [0.717, 1.165) is 77.6 Å². The van der Waals surface area contributed by atoms with Gasteiger partial charge in [0.25, 0.3) is 5.91 Å². The number of nitrogens with one attached hydrogen (secondary N) is 2. The molecule has 1 amide bonds. The second kappa shape index (κ2) is 10.4. The Morgan fingerprint density at radius 1 is 1.16 bits per heavy atom. The number of aryl methyl sites for hydroxylation is 2. The topological polar surface area (TPSA) is 126 Å². The van der Waals surface area contributed by atoms with E-state index in [0.29, 0.717) is 11.9 Å². The Kier molecular flexibility index (Phi) is 6.91. The molecule has 1 aromatic carbocycles. The van der Waals surface area contributed by atoms with Gasteiger partial charge in [0, 0.05) is 43.1 Å². The summed E-state index contributed by atoms with van der Waals surface area (Å²) < 4.78 is 11.4. The van der Waals surface area contributed by atoms with Crippen LogP contribution in [-0.2, 0) is 0 Å². The van der Waals surface area contributed by atoms with Crippen LogP contribution in [0.2, 0.25) is 0 Å². The maximum absolute atomic E-state index is 11.5. The molecule has 10 nitrogen and oxygen atoms in total. The van der Waals surface area contributed by atoms with E-state index in [1.54, 1.807) is 12.6 Å². The lowest BCUT2D eigenvalue weighted by Gasteiger charge is -2.32. The number of carbonyl (C=O) groups excluding carboxylic acids is 1. The minimum Gasteiger partial charge on any atom is -0.496 e. The van der Waals surface area contributed by atoms with E-state index in [9.17, 15) is 4.79 Å². The van der Waals surface area contributed by atoms with Crippen LogP contribution in [0.15, 0.2) is 47.1 Å². The number of aromatic nitrogens is 3. The number of hydrogen-bond acceptors (Lipinski definition) is 9.